The van der Waals surface area contributed by atoms with Gasteiger partial charge in [0.05, 0.1) is 22.3 Å². The zero-order chi connectivity index (χ0) is 23.4. The largest absolute Gasteiger partial charge is 0.418 e. The molecule has 0 bridgehead atoms. The number of nitrogens with one attached hydrogen (secondary N) is 1. The highest BCUT2D eigenvalue weighted by Gasteiger charge is 2.39. The monoisotopic (exact) mass is 457 g/mol. The Balaban J connectivity index is 1.76. The normalized spacial score (nSPS) is 12.5. The summed E-state index contributed by atoms with van der Waals surface area (Å²) < 4.78 is 80.3. The van der Waals surface area contributed by atoms with Gasteiger partial charge in [-0.2, -0.15) is 26.3 Å². The molecule has 0 saturated heterocycles. The minimum Gasteiger partial charge on any atom is -0.338 e. The van der Waals surface area contributed by atoms with E-state index in [2.05, 4.69) is 15.0 Å². The molecule has 0 atom stereocenters. The van der Waals surface area contributed by atoms with E-state index in [0.29, 0.717) is 22.7 Å². The molecule has 0 saturated carbocycles. The van der Waals surface area contributed by atoms with Crippen molar-refractivity contribution < 1.29 is 26.3 Å². The molecular weight excluding hydrogens is 444 g/mol. The standard InChI is InChI=1S/C24H13F6N3/c25-23(26,27)13-11-18(24(28,29)30)21-20(12-13)32-22(33-21)17-9-8-16(19-7-3-4-10-31-19)14-5-1-2-6-15(14)17/h1-12H,(H,32,33). The summed E-state index contributed by atoms with van der Waals surface area (Å²) >= 11 is 0. The van der Waals surface area contributed by atoms with Gasteiger partial charge in [0.2, 0.25) is 0 Å². The van der Waals surface area contributed by atoms with Crippen molar-refractivity contribution in [3.63, 3.8) is 0 Å². The van der Waals surface area contributed by atoms with Crippen LogP contribution in [-0.2, 0) is 12.4 Å². The molecule has 3 nitrogen and oxygen atoms in total. The second kappa shape index (κ2) is 7.33. The van der Waals surface area contributed by atoms with Gasteiger partial charge >= 0.3 is 12.4 Å². The number of nitrogens with zero attached hydrogens (tertiary/aromatic N) is 2. The Morgan fingerprint density at radius 2 is 1.36 bits per heavy atom. The van der Waals surface area contributed by atoms with Crippen molar-refractivity contribution in [2.24, 2.45) is 0 Å². The lowest BCUT2D eigenvalue weighted by Gasteiger charge is -2.11. The van der Waals surface area contributed by atoms with Gasteiger partial charge in [-0.3, -0.25) is 4.98 Å². The van der Waals surface area contributed by atoms with Crippen LogP contribution in [0.25, 0.3) is 44.5 Å². The molecule has 166 valence electrons. The van der Waals surface area contributed by atoms with Crippen molar-refractivity contribution in [1.29, 1.82) is 0 Å². The van der Waals surface area contributed by atoms with Crippen LogP contribution in [0, 0.1) is 0 Å². The number of hydrogen-bond donors (Lipinski definition) is 1. The van der Waals surface area contributed by atoms with Crippen molar-refractivity contribution >= 4 is 21.8 Å². The second-order valence-corrected chi connectivity index (χ2v) is 7.42. The van der Waals surface area contributed by atoms with E-state index < -0.39 is 29.0 Å². The number of aromatic nitrogens is 3. The van der Waals surface area contributed by atoms with E-state index in [1.54, 1.807) is 36.5 Å². The number of alkyl halides is 6. The van der Waals surface area contributed by atoms with Gasteiger partial charge in [0, 0.05) is 17.3 Å². The molecule has 0 fully saturated rings. The van der Waals surface area contributed by atoms with Crippen LogP contribution in [0.4, 0.5) is 26.3 Å². The summed E-state index contributed by atoms with van der Waals surface area (Å²) in [5.74, 6) is 0.0404. The average molecular weight is 457 g/mol. The van der Waals surface area contributed by atoms with Gasteiger partial charge in [-0.25, -0.2) is 4.98 Å². The molecule has 0 aliphatic heterocycles. The van der Waals surface area contributed by atoms with Crippen molar-refractivity contribution in [2.45, 2.75) is 12.4 Å². The van der Waals surface area contributed by atoms with Crippen LogP contribution >= 0.6 is 0 Å². The Labute approximate surface area is 182 Å². The quantitative estimate of drug-likeness (QED) is 0.279. The van der Waals surface area contributed by atoms with Crippen LogP contribution in [-0.4, -0.2) is 15.0 Å². The Morgan fingerprint density at radius 1 is 0.697 bits per heavy atom. The van der Waals surface area contributed by atoms with Gasteiger partial charge in [-0.1, -0.05) is 36.4 Å². The molecule has 0 aliphatic carbocycles. The van der Waals surface area contributed by atoms with E-state index in [1.807, 2.05) is 24.3 Å². The molecule has 0 spiro atoms. The lowest BCUT2D eigenvalue weighted by molar-refractivity contribution is -0.142. The summed E-state index contributed by atoms with van der Waals surface area (Å²) in [5.41, 5.74) is -1.77. The molecule has 0 aliphatic rings. The SMILES string of the molecule is FC(F)(F)c1cc(C(F)(F)F)c2nc(-c3ccc(-c4ccccn4)c4ccccc34)[nH]c2c1. The summed E-state index contributed by atoms with van der Waals surface area (Å²) in [6.07, 6.45) is -8.29. The number of halogens is 6. The molecule has 0 unspecified atom stereocenters. The summed E-state index contributed by atoms with van der Waals surface area (Å²) in [6, 6.07) is 16.8. The fourth-order valence-corrected chi connectivity index (χ4v) is 3.88. The van der Waals surface area contributed by atoms with E-state index in [1.165, 1.54) is 0 Å². The van der Waals surface area contributed by atoms with Gasteiger partial charge in [-0.15, -0.1) is 0 Å². The maximum atomic E-state index is 13.6. The molecule has 0 radical (unpaired) electrons. The number of pyridine rings is 1. The number of H-pyrrole nitrogens is 1. The van der Waals surface area contributed by atoms with Crippen molar-refractivity contribution in [1.82, 2.24) is 15.0 Å². The first-order chi connectivity index (χ1) is 15.6. The fourth-order valence-electron chi connectivity index (χ4n) is 3.88. The fraction of sp³-hybridized carbons (Fsp3) is 0.0833. The second-order valence-electron chi connectivity index (χ2n) is 7.42. The van der Waals surface area contributed by atoms with E-state index in [-0.39, 0.29) is 17.4 Å². The number of aromatic amines is 1. The van der Waals surface area contributed by atoms with E-state index >= 15 is 0 Å². The Morgan fingerprint density at radius 3 is 2.00 bits per heavy atom. The molecule has 5 rings (SSSR count). The molecule has 2 heterocycles. The molecule has 9 heteroatoms. The van der Waals surface area contributed by atoms with Gasteiger partial charge < -0.3 is 4.98 Å². The first-order valence-electron chi connectivity index (χ1n) is 9.74. The Hall–Kier alpha value is -3.88. The molecule has 2 aromatic heterocycles. The highest BCUT2D eigenvalue weighted by atomic mass is 19.4. The number of benzene rings is 3. The Bertz CT molecular complexity index is 1480. The van der Waals surface area contributed by atoms with Gasteiger partial charge in [0.15, 0.2) is 0 Å². The summed E-state index contributed by atoms with van der Waals surface area (Å²) in [4.78, 5) is 11.1. The van der Waals surface area contributed by atoms with Gasteiger partial charge in [-0.05, 0) is 41.1 Å². The van der Waals surface area contributed by atoms with Gasteiger partial charge in [0.25, 0.3) is 0 Å². The predicted octanol–water partition coefficient (Wildman–Crippen LogP) is 7.48. The summed E-state index contributed by atoms with van der Waals surface area (Å²) in [6.45, 7) is 0. The van der Waals surface area contributed by atoms with E-state index in [0.717, 1.165) is 10.9 Å². The summed E-state index contributed by atoms with van der Waals surface area (Å²) in [5, 5.41) is 1.45. The number of fused-ring (bicyclic) bond motifs is 2. The average Bonchev–Trinajstić information content (AvgIpc) is 3.21. The molecule has 3 aromatic carbocycles. The molecule has 0 amide bonds. The third kappa shape index (κ3) is 3.69. The highest BCUT2D eigenvalue weighted by molar-refractivity contribution is 6.04. The zero-order valence-corrected chi connectivity index (χ0v) is 16.6. The minimum absolute atomic E-state index is 0.0404. The molecular formula is C24H13F6N3. The maximum Gasteiger partial charge on any atom is 0.418 e. The number of hydrogen-bond acceptors (Lipinski definition) is 2. The lowest BCUT2D eigenvalue weighted by atomic mass is 9.97. The van der Waals surface area contributed by atoms with Crippen LogP contribution in [0.15, 0.2) is 72.9 Å². The van der Waals surface area contributed by atoms with Crippen LogP contribution in [0.1, 0.15) is 11.1 Å². The minimum atomic E-state index is -5.00. The first kappa shape index (κ1) is 21.0. The maximum absolute atomic E-state index is 13.6. The zero-order valence-electron chi connectivity index (χ0n) is 16.6. The summed E-state index contributed by atoms with van der Waals surface area (Å²) in [7, 11) is 0. The van der Waals surface area contributed by atoms with Crippen LogP contribution in [0.2, 0.25) is 0 Å². The van der Waals surface area contributed by atoms with Crippen LogP contribution in [0.3, 0.4) is 0 Å². The topological polar surface area (TPSA) is 41.6 Å². The third-order valence-corrected chi connectivity index (χ3v) is 5.34. The molecule has 33 heavy (non-hydrogen) atoms. The highest BCUT2D eigenvalue weighted by Crippen LogP contribution is 2.41. The number of rotatable bonds is 2. The number of imidazole rings is 1. The third-order valence-electron chi connectivity index (χ3n) is 5.34. The van der Waals surface area contributed by atoms with E-state index in [4.69, 9.17) is 0 Å². The first-order valence-corrected chi connectivity index (χ1v) is 9.74. The molecule has 1 N–H and O–H groups in total. The van der Waals surface area contributed by atoms with Crippen molar-refractivity contribution in [3.8, 4) is 22.6 Å². The Kier molecular flexibility index (Phi) is 4.66. The van der Waals surface area contributed by atoms with Crippen LogP contribution < -0.4 is 0 Å². The van der Waals surface area contributed by atoms with Crippen molar-refractivity contribution in [3.05, 3.63) is 84.1 Å². The molecule has 5 aromatic rings. The van der Waals surface area contributed by atoms with Crippen molar-refractivity contribution in [2.75, 3.05) is 0 Å². The van der Waals surface area contributed by atoms with Gasteiger partial charge in [0.1, 0.15) is 11.3 Å². The van der Waals surface area contributed by atoms with Crippen LogP contribution in [0.5, 0.6) is 0 Å². The smallest absolute Gasteiger partial charge is 0.338 e. The lowest BCUT2D eigenvalue weighted by Crippen LogP contribution is -2.11. The predicted molar refractivity (Wildman–Crippen MR) is 112 cm³/mol. The van der Waals surface area contributed by atoms with E-state index in [9.17, 15) is 26.3 Å².